The number of rotatable bonds is 6. The van der Waals surface area contributed by atoms with Crippen molar-refractivity contribution in [2.24, 2.45) is 0 Å². The Kier molecular flexibility index (Phi) is 8.10. The molecule has 1 aromatic carbocycles. The monoisotopic (exact) mass is 252 g/mol. The molecule has 0 bridgehead atoms. The Bertz CT molecular complexity index is 375. The van der Waals surface area contributed by atoms with Gasteiger partial charge in [0.1, 0.15) is 5.75 Å². The van der Waals surface area contributed by atoms with Crippen molar-refractivity contribution in [3.8, 4) is 5.75 Å². The Morgan fingerprint density at radius 3 is 2.31 bits per heavy atom. The second kappa shape index (κ2) is 8.12. The third-order valence-electron chi connectivity index (χ3n) is 1.96. The molecule has 0 saturated carbocycles. The summed E-state index contributed by atoms with van der Waals surface area (Å²) in [7, 11) is -3.41. The molecule has 0 N–H and O–H groups in total. The van der Waals surface area contributed by atoms with Crippen LogP contribution in [-0.2, 0) is 10.1 Å². The van der Waals surface area contributed by atoms with Crippen LogP contribution in [0.3, 0.4) is 0 Å². The maximum absolute atomic E-state index is 11.5. The molecule has 0 spiro atoms. The van der Waals surface area contributed by atoms with E-state index in [0.29, 0.717) is 12.2 Å². The number of hydrogen-bond donors (Lipinski definition) is 0. The fraction of sp³-hybridized carbons (Fsp3) is 0.455. The van der Waals surface area contributed by atoms with E-state index < -0.39 is 10.1 Å². The van der Waals surface area contributed by atoms with Crippen LogP contribution in [0, 0.1) is 0 Å². The Morgan fingerprint density at radius 2 is 1.75 bits per heavy atom. The first-order valence-electron chi connectivity index (χ1n) is 5.11. The Hall–Kier alpha value is -0.0300. The van der Waals surface area contributed by atoms with E-state index in [1.807, 2.05) is 13.0 Å². The van der Waals surface area contributed by atoms with Crippen molar-refractivity contribution in [3.05, 3.63) is 30.3 Å². The van der Waals surface area contributed by atoms with Gasteiger partial charge in [0.05, 0.1) is 5.75 Å². The molecule has 0 fully saturated rings. The van der Waals surface area contributed by atoms with E-state index in [4.69, 9.17) is 4.18 Å². The molecule has 3 nitrogen and oxygen atoms in total. The van der Waals surface area contributed by atoms with Gasteiger partial charge in [-0.15, -0.1) is 0 Å². The van der Waals surface area contributed by atoms with Crippen LogP contribution in [0.25, 0.3) is 0 Å². The first-order valence-corrected chi connectivity index (χ1v) is 6.69. The molecule has 16 heavy (non-hydrogen) atoms. The summed E-state index contributed by atoms with van der Waals surface area (Å²) in [5.41, 5.74) is 0. The zero-order valence-corrected chi connectivity index (χ0v) is 9.66. The molecule has 0 amide bonds. The summed E-state index contributed by atoms with van der Waals surface area (Å²) in [6, 6.07) is 8.58. The van der Waals surface area contributed by atoms with E-state index in [1.165, 1.54) is 0 Å². The molecule has 0 saturated heterocycles. The van der Waals surface area contributed by atoms with Crippen molar-refractivity contribution in [1.82, 2.24) is 0 Å². The standard InChI is InChI=1S/C11H16O3S.Na.H/c1-2-3-7-10-15(12,13)14-11-8-5-4-6-9-11;;/h4-6,8-9H,2-3,7,10H2,1H3;;. The Balaban J connectivity index is 0.00000225. The summed E-state index contributed by atoms with van der Waals surface area (Å²) in [4.78, 5) is 0. The summed E-state index contributed by atoms with van der Waals surface area (Å²) in [5, 5.41) is 0. The fourth-order valence-corrected chi connectivity index (χ4v) is 2.24. The quantitative estimate of drug-likeness (QED) is 0.441. The molecule has 86 valence electrons. The van der Waals surface area contributed by atoms with Gasteiger partial charge < -0.3 is 4.18 Å². The SMILES string of the molecule is CCCCCS(=O)(=O)Oc1ccccc1.[NaH]. The first-order chi connectivity index (χ1) is 7.14. The van der Waals surface area contributed by atoms with Gasteiger partial charge in [-0.05, 0) is 18.6 Å². The molecule has 0 heterocycles. The topological polar surface area (TPSA) is 43.4 Å². The van der Waals surface area contributed by atoms with Crippen molar-refractivity contribution in [2.75, 3.05) is 5.75 Å². The average molecular weight is 252 g/mol. The van der Waals surface area contributed by atoms with Crippen molar-refractivity contribution in [2.45, 2.75) is 26.2 Å². The van der Waals surface area contributed by atoms with Crippen molar-refractivity contribution >= 4 is 39.7 Å². The van der Waals surface area contributed by atoms with Crippen molar-refractivity contribution in [3.63, 3.8) is 0 Å². The van der Waals surface area contributed by atoms with Gasteiger partial charge in [0, 0.05) is 0 Å². The molecule has 0 unspecified atom stereocenters. The first kappa shape index (κ1) is 16.0. The number of para-hydroxylation sites is 1. The zero-order valence-electron chi connectivity index (χ0n) is 8.85. The number of hydrogen-bond acceptors (Lipinski definition) is 3. The zero-order chi connectivity index (χ0) is 11.1. The molecule has 5 heteroatoms. The van der Waals surface area contributed by atoms with Crippen LogP contribution in [0.5, 0.6) is 5.75 Å². The molecule has 0 radical (unpaired) electrons. The molecule has 1 aromatic rings. The van der Waals surface area contributed by atoms with Crippen molar-refractivity contribution in [1.29, 1.82) is 0 Å². The Labute approximate surface area is 120 Å². The van der Waals surface area contributed by atoms with Crippen LogP contribution in [0.4, 0.5) is 0 Å². The summed E-state index contributed by atoms with van der Waals surface area (Å²) in [5.74, 6) is 0.476. The van der Waals surface area contributed by atoms with Gasteiger partial charge in [-0.2, -0.15) is 8.42 Å². The normalized spacial score (nSPS) is 10.6. The Morgan fingerprint density at radius 1 is 1.12 bits per heavy atom. The van der Waals surface area contributed by atoms with Crippen LogP contribution in [-0.4, -0.2) is 43.7 Å². The number of benzene rings is 1. The average Bonchev–Trinajstić information content (AvgIpc) is 2.18. The summed E-state index contributed by atoms with van der Waals surface area (Å²) in [6.45, 7) is 2.03. The van der Waals surface area contributed by atoms with Gasteiger partial charge in [0.25, 0.3) is 0 Å². The van der Waals surface area contributed by atoms with E-state index in [0.717, 1.165) is 12.8 Å². The molecule has 0 aromatic heterocycles. The molecule has 0 atom stereocenters. The maximum atomic E-state index is 11.5. The number of unbranched alkanes of at least 4 members (excludes halogenated alkanes) is 2. The third kappa shape index (κ3) is 6.53. The van der Waals surface area contributed by atoms with Crippen molar-refractivity contribution < 1.29 is 12.6 Å². The van der Waals surface area contributed by atoms with Crippen LogP contribution < -0.4 is 4.18 Å². The predicted molar refractivity (Wildman–Crippen MR) is 67.5 cm³/mol. The summed E-state index contributed by atoms with van der Waals surface area (Å²) in [6.07, 6.45) is 2.57. The molecule has 0 aliphatic rings. The molecular weight excluding hydrogens is 235 g/mol. The fourth-order valence-electron chi connectivity index (χ4n) is 1.19. The van der Waals surface area contributed by atoms with Gasteiger partial charge in [-0.25, -0.2) is 0 Å². The third-order valence-corrected chi connectivity index (χ3v) is 3.20. The van der Waals surface area contributed by atoms with E-state index in [-0.39, 0.29) is 35.3 Å². The van der Waals surface area contributed by atoms with Crippen LogP contribution in [0.2, 0.25) is 0 Å². The minimum atomic E-state index is -3.41. The van der Waals surface area contributed by atoms with E-state index in [1.54, 1.807) is 24.3 Å². The van der Waals surface area contributed by atoms with Gasteiger partial charge in [-0.3, -0.25) is 0 Å². The van der Waals surface area contributed by atoms with Gasteiger partial charge >= 0.3 is 39.7 Å². The summed E-state index contributed by atoms with van der Waals surface area (Å²) >= 11 is 0. The minimum absolute atomic E-state index is 0. The molecular formula is C11H17NaO3S. The van der Waals surface area contributed by atoms with Crippen LogP contribution in [0.15, 0.2) is 30.3 Å². The van der Waals surface area contributed by atoms with Gasteiger partial charge in [-0.1, -0.05) is 38.0 Å². The predicted octanol–water partition coefficient (Wildman–Crippen LogP) is 1.94. The van der Waals surface area contributed by atoms with Gasteiger partial charge in [0.15, 0.2) is 0 Å². The van der Waals surface area contributed by atoms with E-state index in [9.17, 15) is 8.42 Å². The van der Waals surface area contributed by atoms with E-state index >= 15 is 0 Å². The second-order valence-electron chi connectivity index (χ2n) is 3.37. The van der Waals surface area contributed by atoms with Crippen LogP contribution in [0.1, 0.15) is 26.2 Å². The van der Waals surface area contributed by atoms with E-state index in [2.05, 4.69) is 0 Å². The summed E-state index contributed by atoms with van der Waals surface area (Å²) < 4.78 is 27.8. The van der Waals surface area contributed by atoms with Crippen LogP contribution >= 0.6 is 0 Å². The molecule has 0 aliphatic carbocycles. The second-order valence-corrected chi connectivity index (χ2v) is 5.06. The van der Waals surface area contributed by atoms with Gasteiger partial charge in [0.2, 0.25) is 0 Å². The molecule has 0 aliphatic heterocycles. The molecule has 1 rings (SSSR count).